The van der Waals surface area contributed by atoms with Crippen LogP contribution >= 0.6 is 0 Å². The molecule has 1 aromatic heterocycles. The summed E-state index contributed by atoms with van der Waals surface area (Å²) in [5, 5.41) is 0. The van der Waals surface area contributed by atoms with Gasteiger partial charge in [-0.15, -0.1) is 0 Å². The molecule has 0 saturated carbocycles. The minimum Gasteiger partial charge on any atom is -0.349 e. The average Bonchev–Trinajstić information content (AvgIpc) is 2.87. The van der Waals surface area contributed by atoms with Crippen molar-refractivity contribution < 1.29 is 12.8 Å². The van der Waals surface area contributed by atoms with Crippen molar-refractivity contribution in [1.82, 2.24) is 8.87 Å². The highest BCUT2D eigenvalue weighted by Gasteiger charge is 2.34. The molecule has 0 saturated heterocycles. The van der Waals surface area contributed by atoms with Gasteiger partial charge in [0.15, 0.2) is 0 Å². The molecule has 6 heteroatoms. The third-order valence-corrected chi connectivity index (χ3v) is 6.14. The second-order valence-corrected chi connectivity index (χ2v) is 7.19. The van der Waals surface area contributed by atoms with Crippen molar-refractivity contribution in [1.29, 1.82) is 0 Å². The summed E-state index contributed by atoms with van der Waals surface area (Å²) in [5.41, 5.74) is 1.41. The minimum atomic E-state index is -3.63. The first-order chi connectivity index (χ1) is 9.91. The Labute approximate surface area is 123 Å². The van der Waals surface area contributed by atoms with E-state index in [2.05, 4.69) is 4.57 Å². The van der Waals surface area contributed by atoms with Gasteiger partial charge in [0.25, 0.3) is 0 Å². The summed E-state index contributed by atoms with van der Waals surface area (Å²) in [4.78, 5) is 0.177. The van der Waals surface area contributed by atoms with Crippen molar-refractivity contribution in [2.75, 3.05) is 6.54 Å². The van der Waals surface area contributed by atoms with Crippen molar-refractivity contribution in [3.8, 4) is 0 Å². The maximum absolute atomic E-state index is 13.2. The molecule has 0 fully saturated rings. The Morgan fingerprint density at radius 3 is 2.71 bits per heavy atom. The van der Waals surface area contributed by atoms with Crippen LogP contribution in [0.2, 0.25) is 0 Å². The summed E-state index contributed by atoms with van der Waals surface area (Å²) in [6.45, 7) is 4.54. The van der Waals surface area contributed by atoms with Crippen LogP contribution in [0.1, 0.15) is 24.2 Å². The average molecular weight is 308 g/mol. The molecular formula is C15H17FN2O2S. The van der Waals surface area contributed by atoms with Gasteiger partial charge in [0.05, 0.1) is 10.9 Å². The highest BCUT2D eigenvalue weighted by atomic mass is 32.2. The van der Waals surface area contributed by atoms with Crippen LogP contribution in [0.4, 0.5) is 4.39 Å². The fourth-order valence-electron chi connectivity index (χ4n) is 2.91. The number of rotatable bonds is 2. The van der Waals surface area contributed by atoms with Crippen molar-refractivity contribution in [2.24, 2.45) is 0 Å². The Bertz CT molecular complexity index is 783. The van der Waals surface area contributed by atoms with Crippen molar-refractivity contribution in [2.45, 2.75) is 31.3 Å². The predicted molar refractivity (Wildman–Crippen MR) is 77.9 cm³/mol. The predicted octanol–water partition coefficient (Wildman–Crippen LogP) is 2.70. The molecule has 0 aliphatic carbocycles. The molecule has 3 rings (SSSR count). The molecule has 1 aromatic carbocycles. The molecule has 112 valence electrons. The number of hydrogen-bond donors (Lipinski definition) is 0. The number of benzene rings is 1. The number of sulfonamides is 1. The minimum absolute atomic E-state index is 0.177. The molecule has 2 heterocycles. The Kier molecular flexibility index (Phi) is 3.37. The molecule has 1 unspecified atom stereocenters. The van der Waals surface area contributed by atoms with Crippen molar-refractivity contribution in [3.05, 3.63) is 53.6 Å². The summed E-state index contributed by atoms with van der Waals surface area (Å²) < 4.78 is 42.5. The Hall–Kier alpha value is -1.66. The molecule has 0 amide bonds. The van der Waals surface area contributed by atoms with Gasteiger partial charge in [0.1, 0.15) is 5.82 Å². The van der Waals surface area contributed by atoms with E-state index in [0.717, 1.165) is 5.69 Å². The second kappa shape index (κ2) is 4.96. The van der Waals surface area contributed by atoms with Gasteiger partial charge in [-0.1, -0.05) is 0 Å². The van der Waals surface area contributed by atoms with Crippen LogP contribution in [0.5, 0.6) is 0 Å². The third-order valence-electron chi connectivity index (χ3n) is 4.01. The van der Waals surface area contributed by atoms with Gasteiger partial charge in [-0.05, 0) is 49.7 Å². The third kappa shape index (κ3) is 2.28. The van der Waals surface area contributed by atoms with Crippen molar-refractivity contribution >= 4 is 10.0 Å². The Morgan fingerprint density at radius 1 is 1.24 bits per heavy atom. The van der Waals surface area contributed by atoms with E-state index >= 15 is 0 Å². The van der Waals surface area contributed by atoms with Gasteiger partial charge in [-0.2, -0.15) is 4.31 Å². The monoisotopic (exact) mass is 308 g/mol. The molecule has 0 bridgehead atoms. The summed E-state index contributed by atoms with van der Waals surface area (Å²) in [5.74, 6) is -0.424. The lowest BCUT2D eigenvalue weighted by Gasteiger charge is -2.34. The number of aromatic nitrogens is 1. The standard InChI is InChI=1S/C15H17FN2O2S/c1-11-10-13(16)5-6-15(11)21(19,20)18-9-8-17-7-3-4-14(17)12(18)2/h3-7,10,12H,8-9H2,1-2H3. The second-order valence-electron chi connectivity index (χ2n) is 5.33. The fraction of sp³-hybridized carbons (Fsp3) is 0.333. The fourth-order valence-corrected chi connectivity index (χ4v) is 4.72. The van der Waals surface area contributed by atoms with Gasteiger partial charge < -0.3 is 4.57 Å². The normalized spacial score (nSPS) is 19.5. The lowest BCUT2D eigenvalue weighted by Crippen LogP contribution is -2.40. The van der Waals surface area contributed by atoms with Gasteiger partial charge in [-0.25, -0.2) is 12.8 Å². The summed E-state index contributed by atoms with van der Waals surface area (Å²) in [7, 11) is -3.63. The zero-order valence-corrected chi connectivity index (χ0v) is 12.8. The molecule has 1 aliphatic heterocycles. The molecule has 0 N–H and O–H groups in total. The summed E-state index contributed by atoms with van der Waals surface area (Å²) >= 11 is 0. The van der Waals surface area contributed by atoms with E-state index in [4.69, 9.17) is 0 Å². The maximum Gasteiger partial charge on any atom is 0.244 e. The zero-order chi connectivity index (χ0) is 15.2. The molecule has 21 heavy (non-hydrogen) atoms. The van der Waals surface area contributed by atoms with Crippen LogP contribution in [0.25, 0.3) is 0 Å². The quantitative estimate of drug-likeness (QED) is 0.856. The highest BCUT2D eigenvalue weighted by molar-refractivity contribution is 7.89. The van der Waals surface area contributed by atoms with Crippen molar-refractivity contribution in [3.63, 3.8) is 0 Å². The molecule has 0 radical (unpaired) electrons. The van der Waals surface area contributed by atoms with E-state index in [-0.39, 0.29) is 10.9 Å². The smallest absolute Gasteiger partial charge is 0.244 e. The summed E-state index contributed by atoms with van der Waals surface area (Å²) in [6, 6.07) is 7.42. The first-order valence-electron chi connectivity index (χ1n) is 6.84. The molecule has 2 aromatic rings. The number of fused-ring (bicyclic) bond motifs is 1. The van der Waals surface area contributed by atoms with Crippen LogP contribution in [-0.2, 0) is 16.6 Å². The number of hydrogen-bond acceptors (Lipinski definition) is 2. The SMILES string of the molecule is Cc1cc(F)ccc1S(=O)(=O)N1CCn2cccc2C1C. The number of halogens is 1. The lowest BCUT2D eigenvalue weighted by molar-refractivity contribution is 0.282. The van der Waals surface area contributed by atoms with E-state index in [0.29, 0.717) is 18.7 Å². The largest absolute Gasteiger partial charge is 0.349 e. The van der Waals surface area contributed by atoms with Gasteiger partial charge in [-0.3, -0.25) is 0 Å². The van der Waals surface area contributed by atoms with E-state index in [9.17, 15) is 12.8 Å². The first kappa shape index (κ1) is 14.3. The molecular weight excluding hydrogens is 291 g/mol. The zero-order valence-electron chi connectivity index (χ0n) is 12.0. The van der Waals surface area contributed by atoms with Gasteiger partial charge in [0.2, 0.25) is 10.0 Å². The maximum atomic E-state index is 13.2. The Balaban J connectivity index is 2.03. The van der Waals surface area contributed by atoms with E-state index in [1.807, 2.05) is 25.3 Å². The van der Waals surface area contributed by atoms with E-state index in [1.54, 1.807) is 6.92 Å². The van der Waals surface area contributed by atoms with Crippen LogP contribution in [0.3, 0.4) is 0 Å². The molecule has 1 aliphatic rings. The van der Waals surface area contributed by atoms with Crippen LogP contribution < -0.4 is 0 Å². The molecule has 1 atom stereocenters. The van der Waals surface area contributed by atoms with E-state index < -0.39 is 15.8 Å². The number of aryl methyl sites for hydroxylation is 1. The van der Waals surface area contributed by atoms with E-state index in [1.165, 1.54) is 22.5 Å². The molecule has 0 spiro atoms. The van der Waals surface area contributed by atoms with Crippen LogP contribution in [0, 0.1) is 12.7 Å². The van der Waals surface area contributed by atoms with Crippen LogP contribution in [0.15, 0.2) is 41.4 Å². The molecule has 4 nitrogen and oxygen atoms in total. The van der Waals surface area contributed by atoms with Gasteiger partial charge >= 0.3 is 0 Å². The number of nitrogens with zero attached hydrogens (tertiary/aromatic N) is 2. The first-order valence-corrected chi connectivity index (χ1v) is 8.28. The van der Waals surface area contributed by atoms with Gasteiger partial charge in [0, 0.05) is 25.0 Å². The van der Waals surface area contributed by atoms with Crippen LogP contribution in [-0.4, -0.2) is 23.8 Å². The lowest BCUT2D eigenvalue weighted by atomic mass is 10.2. The summed E-state index contributed by atoms with van der Waals surface area (Å²) in [6.07, 6.45) is 1.96. The highest BCUT2D eigenvalue weighted by Crippen LogP contribution is 2.32. The topological polar surface area (TPSA) is 42.3 Å². The Morgan fingerprint density at radius 2 is 2.00 bits per heavy atom.